The summed E-state index contributed by atoms with van der Waals surface area (Å²) in [7, 11) is 3.80. The maximum atomic E-state index is 11.8. The van der Waals surface area contributed by atoms with Crippen LogP contribution in [0.2, 0.25) is 0 Å². The Labute approximate surface area is 134 Å². The van der Waals surface area contributed by atoms with E-state index in [0.717, 1.165) is 18.2 Å². The number of carbonyl (C=O) groups is 2. The minimum absolute atomic E-state index is 0.120. The van der Waals surface area contributed by atoms with Gasteiger partial charge in [-0.15, -0.1) is 10.2 Å². The molecule has 2 amide bonds. The standard InChI is InChI=1S/C13H23N5O3S/c1-5-6-14-12(20)9(2)15-10(19)8-22-13-17-16-11(21-13)7-18(3)4/h9H,5-8H2,1-4H3,(H,14,20)(H,15,19)/t9-/m0/s1. The summed E-state index contributed by atoms with van der Waals surface area (Å²) in [5, 5.41) is 13.4. The van der Waals surface area contributed by atoms with E-state index in [-0.39, 0.29) is 17.6 Å². The van der Waals surface area contributed by atoms with Gasteiger partial charge in [-0.1, -0.05) is 18.7 Å². The van der Waals surface area contributed by atoms with Gasteiger partial charge in [0.2, 0.25) is 17.7 Å². The van der Waals surface area contributed by atoms with Gasteiger partial charge in [0, 0.05) is 6.54 Å². The van der Waals surface area contributed by atoms with Crippen LogP contribution in [0, 0.1) is 0 Å². The van der Waals surface area contributed by atoms with Crippen LogP contribution in [0.25, 0.3) is 0 Å². The molecule has 0 aliphatic heterocycles. The fourth-order valence-electron chi connectivity index (χ4n) is 1.51. The first-order chi connectivity index (χ1) is 10.4. The largest absolute Gasteiger partial charge is 0.415 e. The summed E-state index contributed by atoms with van der Waals surface area (Å²) in [6.07, 6.45) is 0.856. The molecular formula is C13H23N5O3S. The molecule has 0 aliphatic carbocycles. The van der Waals surface area contributed by atoms with Crippen molar-refractivity contribution in [1.82, 2.24) is 25.7 Å². The molecule has 0 bridgehead atoms. The highest BCUT2D eigenvalue weighted by atomic mass is 32.2. The first kappa shape index (κ1) is 18.4. The van der Waals surface area contributed by atoms with Crippen molar-refractivity contribution in [2.45, 2.75) is 38.1 Å². The lowest BCUT2D eigenvalue weighted by molar-refractivity contribution is -0.127. The minimum atomic E-state index is -0.563. The highest BCUT2D eigenvalue weighted by molar-refractivity contribution is 7.99. The third-order valence-corrected chi connectivity index (χ3v) is 3.37. The van der Waals surface area contributed by atoms with Gasteiger partial charge in [-0.3, -0.25) is 9.59 Å². The first-order valence-corrected chi connectivity index (χ1v) is 8.08. The van der Waals surface area contributed by atoms with E-state index >= 15 is 0 Å². The number of nitrogens with one attached hydrogen (secondary N) is 2. The lowest BCUT2D eigenvalue weighted by Gasteiger charge is -2.13. The zero-order chi connectivity index (χ0) is 16.5. The lowest BCUT2D eigenvalue weighted by atomic mass is 10.3. The molecule has 124 valence electrons. The SMILES string of the molecule is CCCNC(=O)[C@H](C)NC(=O)CSc1nnc(CN(C)C)o1. The number of nitrogens with zero attached hydrogens (tertiary/aromatic N) is 3. The van der Waals surface area contributed by atoms with Crippen molar-refractivity contribution in [2.24, 2.45) is 0 Å². The van der Waals surface area contributed by atoms with E-state index < -0.39 is 6.04 Å². The average Bonchev–Trinajstić information content (AvgIpc) is 2.89. The van der Waals surface area contributed by atoms with Crippen LogP contribution in [-0.4, -0.2) is 59.3 Å². The summed E-state index contributed by atoms with van der Waals surface area (Å²) in [4.78, 5) is 25.3. The summed E-state index contributed by atoms with van der Waals surface area (Å²) in [6, 6.07) is -0.563. The molecule has 0 saturated carbocycles. The number of thioether (sulfide) groups is 1. The number of rotatable bonds is 9. The Morgan fingerprint density at radius 3 is 2.73 bits per heavy atom. The summed E-state index contributed by atoms with van der Waals surface area (Å²) >= 11 is 1.15. The molecule has 0 radical (unpaired) electrons. The predicted octanol–water partition coefficient (Wildman–Crippen LogP) is 0.254. The van der Waals surface area contributed by atoms with Crippen LogP contribution in [-0.2, 0) is 16.1 Å². The minimum Gasteiger partial charge on any atom is -0.415 e. The molecule has 1 heterocycles. The van der Waals surface area contributed by atoms with Crippen LogP contribution in [0.3, 0.4) is 0 Å². The maximum Gasteiger partial charge on any atom is 0.277 e. The Hall–Kier alpha value is -1.61. The molecule has 8 nitrogen and oxygen atoms in total. The van der Waals surface area contributed by atoms with E-state index in [0.29, 0.717) is 24.2 Å². The van der Waals surface area contributed by atoms with Crippen LogP contribution in [0.5, 0.6) is 0 Å². The molecule has 1 atom stereocenters. The number of amides is 2. The second kappa shape index (κ2) is 9.42. The van der Waals surface area contributed by atoms with E-state index in [9.17, 15) is 9.59 Å². The number of aromatic nitrogens is 2. The maximum absolute atomic E-state index is 11.8. The Morgan fingerprint density at radius 1 is 1.36 bits per heavy atom. The van der Waals surface area contributed by atoms with Crippen molar-refractivity contribution in [1.29, 1.82) is 0 Å². The number of carbonyl (C=O) groups excluding carboxylic acids is 2. The quantitative estimate of drug-likeness (QED) is 0.627. The molecule has 2 N–H and O–H groups in total. The first-order valence-electron chi connectivity index (χ1n) is 7.09. The summed E-state index contributed by atoms with van der Waals surface area (Å²) in [5.74, 6) is 0.178. The van der Waals surface area contributed by atoms with Crippen molar-refractivity contribution < 1.29 is 14.0 Å². The van der Waals surface area contributed by atoms with Crippen LogP contribution in [0.15, 0.2) is 9.64 Å². The molecule has 22 heavy (non-hydrogen) atoms. The molecule has 1 rings (SSSR count). The van der Waals surface area contributed by atoms with Crippen LogP contribution in [0.1, 0.15) is 26.2 Å². The van der Waals surface area contributed by atoms with Crippen molar-refractivity contribution in [2.75, 3.05) is 26.4 Å². The molecule has 1 aromatic heterocycles. The zero-order valence-corrected chi connectivity index (χ0v) is 14.2. The van der Waals surface area contributed by atoms with Crippen molar-refractivity contribution in [3.05, 3.63) is 5.89 Å². The van der Waals surface area contributed by atoms with Gasteiger partial charge < -0.3 is 20.0 Å². The van der Waals surface area contributed by atoms with Crippen LogP contribution < -0.4 is 10.6 Å². The zero-order valence-electron chi connectivity index (χ0n) is 13.4. The summed E-state index contributed by atoms with van der Waals surface area (Å²) in [5.41, 5.74) is 0. The normalized spacial score (nSPS) is 12.2. The van der Waals surface area contributed by atoms with E-state index in [1.165, 1.54) is 0 Å². The van der Waals surface area contributed by atoms with E-state index in [1.807, 2.05) is 25.9 Å². The topological polar surface area (TPSA) is 100 Å². The van der Waals surface area contributed by atoms with Gasteiger partial charge in [0.15, 0.2) is 0 Å². The molecule has 0 unspecified atom stereocenters. The molecule has 0 aliphatic rings. The average molecular weight is 329 g/mol. The fraction of sp³-hybridized carbons (Fsp3) is 0.692. The van der Waals surface area contributed by atoms with Crippen molar-refractivity contribution >= 4 is 23.6 Å². The second-order valence-electron chi connectivity index (χ2n) is 5.07. The smallest absolute Gasteiger partial charge is 0.277 e. The molecule has 0 aromatic carbocycles. The summed E-state index contributed by atoms with van der Waals surface area (Å²) < 4.78 is 5.39. The monoisotopic (exact) mass is 329 g/mol. The highest BCUT2D eigenvalue weighted by Crippen LogP contribution is 2.16. The predicted molar refractivity (Wildman–Crippen MR) is 83.3 cm³/mol. The van der Waals surface area contributed by atoms with Gasteiger partial charge in [0.05, 0.1) is 12.3 Å². The van der Waals surface area contributed by atoms with Gasteiger partial charge in [-0.05, 0) is 27.4 Å². The van der Waals surface area contributed by atoms with Crippen LogP contribution >= 0.6 is 11.8 Å². The summed E-state index contributed by atoms with van der Waals surface area (Å²) in [6.45, 7) is 4.77. The van der Waals surface area contributed by atoms with Gasteiger partial charge >= 0.3 is 0 Å². The third kappa shape index (κ3) is 6.90. The Bertz CT molecular complexity index is 492. The van der Waals surface area contributed by atoms with Gasteiger partial charge in [-0.2, -0.15) is 0 Å². The van der Waals surface area contributed by atoms with E-state index in [2.05, 4.69) is 20.8 Å². The Morgan fingerprint density at radius 2 is 2.09 bits per heavy atom. The lowest BCUT2D eigenvalue weighted by Crippen LogP contribution is -2.45. The molecule has 0 fully saturated rings. The van der Waals surface area contributed by atoms with Crippen LogP contribution in [0.4, 0.5) is 0 Å². The van der Waals surface area contributed by atoms with Gasteiger partial charge in [0.25, 0.3) is 5.22 Å². The molecule has 1 aromatic rings. The number of hydrogen-bond acceptors (Lipinski definition) is 7. The van der Waals surface area contributed by atoms with Gasteiger partial charge in [-0.25, -0.2) is 0 Å². The Kier molecular flexibility index (Phi) is 7.89. The molecular weight excluding hydrogens is 306 g/mol. The number of hydrogen-bond donors (Lipinski definition) is 2. The van der Waals surface area contributed by atoms with Crippen molar-refractivity contribution in [3.8, 4) is 0 Å². The third-order valence-electron chi connectivity index (χ3n) is 2.55. The highest BCUT2D eigenvalue weighted by Gasteiger charge is 2.16. The molecule has 9 heteroatoms. The molecule has 0 spiro atoms. The van der Waals surface area contributed by atoms with Crippen molar-refractivity contribution in [3.63, 3.8) is 0 Å². The van der Waals surface area contributed by atoms with Gasteiger partial charge in [0.1, 0.15) is 6.04 Å². The Balaban J connectivity index is 2.33. The molecule has 0 saturated heterocycles. The second-order valence-corrected chi connectivity index (χ2v) is 5.99. The van der Waals surface area contributed by atoms with E-state index in [1.54, 1.807) is 6.92 Å². The fourth-order valence-corrected chi connectivity index (χ4v) is 2.10. The van der Waals surface area contributed by atoms with E-state index in [4.69, 9.17) is 4.42 Å².